The molecule has 0 radical (unpaired) electrons. The van der Waals surface area contributed by atoms with Crippen LogP contribution in [0, 0.1) is 30.6 Å². The van der Waals surface area contributed by atoms with Crippen molar-refractivity contribution in [2.45, 2.75) is 231 Å². The van der Waals surface area contributed by atoms with Crippen molar-refractivity contribution < 1.29 is 72.5 Å². The van der Waals surface area contributed by atoms with E-state index in [2.05, 4.69) is 37.2 Å². The molecular formula is C85H127N13O15S2. The maximum absolute atomic E-state index is 15.5. The molecule has 1 heterocycles. The van der Waals surface area contributed by atoms with Crippen LogP contribution in [0.2, 0.25) is 0 Å². The summed E-state index contributed by atoms with van der Waals surface area (Å²) in [5.74, 6) is -9.20. The van der Waals surface area contributed by atoms with Crippen LogP contribution in [0.25, 0.3) is 0 Å². The van der Waals surface area contributed by atoms with Gasteiger partial charge in [-0.2, -0.15) is 0 Å². The number of para-hydroxylation sites is 1. The molecule has 1 saturated heterocycles. The van der Waals surface area contributed by atoms with E-state index in [-0.39, 0.29) is 61.5 Å². The molecule has 9 N–H and O–H groups in total. The van der Waals surface area contributed by atoms with Crippen LogP contribution in [0.4, 0.5) is 0 Å². The highest BCUT2D eigenvalue weighted by Crippen LogP contribution is 2.39. The van der Waals surface area contributed by atoms with E-state index in [4.69, 9.17) is 4.74 Å². The number of aliphatic hydroxyl groups is 2. The molecule has 634 valence electrons. The maximum Gasteiger partial charge on any atom is 0.313 e. The van der Waals surface area contributed by atoms with Gasteiger partial charge in [-0.3, -0.25) is 62.9 Å². The van der Waals surface area contributed by atoms with Crippen LogP contribution in [0.1, 0.15) is 144 Å². The number of nitrogens with one attached hydrogen (secondary N) is 7. The third-order valence-corrected chi connectivity index (χ3v) is 23.2. The lowest BCUT2D eigenvalue weighted by Gasteiger charge is -2.37. The zero-order valence-electron chi connectivity index (χ0n) is 70.6. The summed E-state index contributed by atoms with van der Waals surface area (Å²) < 4.78 is 6.08. The predicted octanol–water partition coefficient (Wildman–Crippen LogP) is 5.67. The number of rotatable bonds is 44. The summed E-state index contributed by atoms with van der Waals surface area (Å²) in [5.41, 5.74) is 2.46. The number of hydrogen-bond acceptors (Lipinski definition) is 19. The molecule has 11 amide bonds. The molecule has 0 saturated carbocycles. The first-order chi connectivity index (χ1) is 54.3. The molecule has 1 fully saturated rings. The van der Waals surface area contributed by atoms with E-state index in [1.54, 1.807) is 164 Å². The van der Waals surface area contributed by atoms with Crippen molar-refractivity contribution in [1.29, 1.82) is 0 Å². The Morgan fingerprint density at radius 3 is 1.51 bits per heavy atom. The Morgan fingerprint density at radius 2 is 1.00 bits per heavy atom. The van der Waals surface area contributed by atoms with E-state index in [0.717, 1.165) is 34.8 Å². The summed E-state index contributed by atoms with van der Waals surface area (Å²) in [6.07, 6.45) is -0.897. The fraction of sp³-hybridized carbons (Fsp3) is 0.576. The molecule has 0 spiro atoms. The summed E-state index contributed by atoms with van der Waals surface area (Å²) in [7, 11) is 11.5. The largest absolute Gasteiger partial charge is 0.425 e. The van der Waals surface area contributed by atoms with Gasteiger partial charge in [0, 0.05) is 79.4 Å². The van der Waals surface area contributed by atoms with Crippen molar-refractivity contribution in [2.75, 3.05) is 67.7 Å². The zero-order chi connectivity index (χ0) is 85.7. The van der Waals surface area contributed by atoms with Crippen LogP contribution >= 0.6 is 21.6 Å². The van der Waals surface area contributed by atoms with Gasteiger partial charge in [0.15, 0.2) is 0 Å². The molecule has 0 aromatic heterocycles. The number of amides is 11. The van der Waals surface area contributed by atoms with Gasteiger partial charge >= 0.3 is 5.97 Å². The van der Waals surface area contributed by atoms with E-state index in [1.807, 2.05) is 40.7 Å². The predicted molar refractivity (Wildman–Crippen MR) is 447 cm³/mol. The molecule has 1 aliphatic rings. The number of carbonyl (C=O) groups is 12. The average molecular weight is 1640 g/mol. The van der Waals surface area contributed by atoms with Crippen LogP contribution in [0.15, 0.2) is 114 Å². The minimum atomic E-state index is -1.74. The second kappa shape index (κ2) is 47.3. The maximum atomic E-state index is 15.5. The number of likely N-dealkylation sites (N-methyl/N-ethyl adjacent to an activating group) is 6. The third-order valence-electron chi connectivity index (χ3n) is 20.7. The molecule has 0 aliphatic carbocycles. The number of hydrogen-bond donors (Lipinski definition) is 9. The van der Waals surface area contributed by atoms with Gasteiger partial charge in [-0.15, -0.1) is 0 Å². The van der Waals surface area contributed by atoms with Crippen molar-refractivity contribution in [3.05, 3.63) is 131 Å². The SMILES string of the molecule is CCSSc1cccc(C)c1OC(=O)C[C@H](NC(=O)[C@H](Cc1ccccc1)NC(=O)[C@H](C(C)C)N(C)C(=O)[C@H](CC(C)C)N(C)C(=O)CNC(=O)[C@H](Cc1ccccc1)N(C)C(=O)[C@@H](NC(=O)C(CC(C)C)N(C)C(=O)[C@@H](NC(O)[C@H](C)NC)C(C)C)[C@@H](C)O)C(=O)N(C)C(Cc1ccccc1)C(=O)N[C@@H](C)C(=O)N1CCCCC1. The van der Waals surface area contributed by atoms with Crippen LogP contribution in [-0.4, -0.2) is 257 Å². The summed E-state index contributed by atoms with van der Waals surface area (Å²) in [4.78, 5) is 186. The van der Waals surface area contributed by atoms with Gasteiger partial charge in [0.1, 0.15) is 66.4 Å². The Morgan fingerprint density at radius 1 is 0.504 bits per heavy atom. The number of nitrogens with zero attached hydrogens (tertiary/aromatic N) is 6. The number of ether oxygens (including phenoxy) is 1. The fourth-order valence-corrected chi connectivity index (χ4v) is 15.5. The summed E-state index contributed by atoms with van der Waals surface area (Å²) in [6, 6.07) is 18.1. The molecule has 28 nitrogen and oxygen atoms in total. The molecule has 5 rings (SSSR count). The number of aryl methyl sites for hydroxylation is 1. The lowest BCUT2D eigenvalue weighted by molar-refractivity contribution is -0.150. The highest BCUT2D eigenvalue weighted by atomic mass is 33.1. The first-order valence-corrected chi connectivity index (χ1v) is 42.3. The molecule has 4 aromatic rings. The molecule has 3 unspecified atom stereocenters. The van der Waals surface area contributed by atoms with Gasteiger partial charge < -0.3 is 76.3 Å². The van der Waals surface area contributed by atoms with Crippen molar-refractivity contribution in [3.8, 4) is 5.75 Å². The number of piperidine rings is 1. The van der Waals surface area contributed by atoms with Gasteiger partial charge in [0.2, 0.25) is 65.0 Å². The standard InChI is InChI=1S/C85H127N13O15S2/c1-20-114-115-68-41-33-34-55(10)74(68)113-70(101)49-63(82(109)94(16)66(48-61-39-29-23-30-40-61)78(105)88-57(12)81(108)98-42-31-24-32-43-98)90-76(103)62(46-59-35-25-21-26-36-59)89-80(107)73(54(8)9)97(19)83(110)67(45-52(4)5)93(15)69(100)50-87-77(104)65(47-60-37-27-22-28-38-60)96(18)85(112)72(58(13)99)92-79(106)64(44-51(2)3)95(17)84(111)71(53(6)7)91-75(102)56(11)86-14/h21-23,25-30,33-41,51-54,56-58,62-67,71-73,75,86,91,99,102H,20,24,31-32,42-50H2,1-19H3,(H,87,104)(H,88,105)(H,89,107)(H,90,103)(H,92,106)/t56-,57-,58+,62-,63-,64?,65-,66?,67-,71-,72-,73-,75?/m0/s1. The number of aliphatic hydroxyl groups excluding tert-OH is 2. The molecule has 1 aliphatic heterocycles. The highest BCUT2D eigenvalue weighted by Gasteiger charge is 2.43. The van der Waals surface area contributed by atoms with Crippen LogP contribution < -0.4 is 42.0 Å². The number of carbonyl (C=O) groups excluding carboxylic acids is 12. The van der Waals surface area contributed by atoms with Crippen LogP contribution in [0.5, 0.6) is 5.75 Å². The molecule has 0 bridgehead atoms. The smallest absolute Gasteiger partial charge is 0.313 e. The van der Waals surface area contributed by atoms with Crippen molar-refractivity contribution in [3.63, 3.8) is 0 Å². The second-order valence-corrected chi connectivity index (χ2v) is 34.2. The summed E-state index contributed by atoms with van der Waals surface area (Å²) in [6.45, 7) is 23.1. The van der Waals surface area contributed by atoms with E-state index in [1.165, 1.54) is 78.4 Å². The topological polar surface area (TPSA) is 358 Å². The van der Waals surface area contributed by atoms with Crippen molar-refractivity contribution >= 4 is 92.5 Å². The average Bonchev–Trinajstić information content (AvgIpc) is 0.816. The molecule has 30 heteroatoms. The van der Waals surface area contributed by atoms with Gasteiger partial charge in [0.25, 0.3) is 0 Å². The van der Waals surface area contributed by atoms with E-state index in [9.17, 15) is 48.6 Å². The quantitative estimate of drug-likeness (QED) is 0.0111. The summed E-state index contributed by atoms with van der Waals surface area (Å²) in [5, 5.41) is 41.9. The first kappa shape index (κ1) is 96.6. The van der Waals surface area contributed by atoms with Crippen molar-refractivity contribution in [1.82, 2.24) is 66.6 Å². The highest BCUT2D eigenvalue weighted by molar-refractivity contribution is 8.76. The summed E-state index contributed by atoms with van der Waals surface area (Å²) >= 11 is 0. The third kappa shape index (κ3) is 29.0. The van der Waals surface area contributed by atoms with Crippen LogP contribution in [-0.2, 0) is 76.8 Å². The van der Waals surface area contributed by atoms with E-state index < -0.39 is 163 Å². The van der Waals surface area contributed by atoms with E-state index in [0.29, 0.717) is 40.2 Å². The van der Waals surface area contributed by atoms with E-state index >= 15 is 19.2 Å². The second-order valence-electron chi connectivity index (χ2n) is 31.5. The minimum Gasteiger partial charge on any atom is -0.425 e. The van der Waals surface area contributed by atoms with Crippen LogP contribution in [0.3, 0.4) is 0 Å². The number of esters is 1. The molecule has 13 atom stereocenters. The molecular weight excluding hydrogens is 1510 g/mol. The minimum absolute atomic E-state index is 0.0397. The fourth-order valence-electron chi connectivity index (χ4n) is 13.8. The van der Waals surface area contributed by atoms with Gasteiger partial charge in [-0.1, -0.05) is 187 Å². The Kier molecular flexibility index (Phi) is 39.8. The van der Waals surface area contributed by atoms with Gasteiger partial charge in [0.05, 0.1) is 30.0 Å². The monoisotopic (exact) mass is 1630 g/mol. The lowest BCUT2D eigenvalue weighted by atomic mass is 9.96. The first-order valence-electron chi connectivity index (χ1n) is 39.9. The van der Waals surface area contributed by atoms with Gasteiger partial charge in [-0.05, 0) is 119 Å². The zero-order valence-corrected chi connectivity index (χ0v) is 72.2. The number of likely N-dealkylation sites (tertiary alicyclic amines) is 1. The number of benzene rings is 4. The lowest BCUT2D eigenvalue weighted by Crippen LogP contribution is -2.62. The van der Waals surface area contributed by atoms with Crippen molar-refractivity contribution in [2.24, 2.45) is 23.7 Å². The molecule has 115 heavy (non-hydrogen) atoms. The Labute approximate surface area is 688 Å². The Balaban J connectivity index is 1.45. The Hall–Kier alpha value is -8.94. The molecule has 4 aromatic carbocycles. The Bertz CT molecular complexity index is 3850. The normalized spacial score (nSPS) is 15.7. The van der Waals surface area contributed by atoms with Gasteiger partial charge in [-0.25, -0.2) is 0 Å².